The Hall–Kier alpha value is -1.65. The van der Waals surface area contributed by atoms with Crippen LogP contribution in [0, 0.1) is 0 Å². The first-order chi connectivity index (χ1) is 10.3. The molecule has 0 bridgehead atoms. The van der Waals surface area contributed by atoms with Gasteiger partial charge < -0.3 is 10.1 Å². The molecule has 0 aliphatic carbocycles. The zero-order chi connectivity index (χ0) is 14.5. The molecule has 0 saturated carbocycles. The van der Waals surface area contributed by atoms with Gasteiger partial charge in [0.15, 0.2) is 11.6 Å². The van der Waals surface area contributed by atoms with Gasteiger partial charge in [0.2, 0.25) is 0 Å². The Morgan fingerprint density at radius 3 is 2.76 bits per heavy atom. The maximum absolute atomic E-state index is 6.15. The van der Waals surface area contributed by atoms with Crippen molar-refractivity contribution in [3.63, 3.8) is 0 Å². The third-order valence-electron chi connectivity index (χ3n) is 3.55. The van der Waals surface area contributed by atoms with Crippen LogP contribution in [0.15, 0.2) is 36.7 Å². The molecule has 1 fully saturated rings. The van der Waals surface area contributed by atoms with Crippen molar-refractivity contribution in [3.05, 3.63) is 41.7 Å². The molecule has 3 rings (SSSR count). The standard InChI is InChI=1S/C16H18ClN3O/c17-15-7-2-1-6-14(15)16-19-10-13(11-20-16)21-12-5-3-4-8-18-9-12/h1-2,6-7,10-12,18H,3-5,8-9H2. The maximum Gasteiger partial charge on any atom is 0.160 e. The first-order valence-corrected chi connectivity index (χ1v) is 7.65. The van der Waals surface area contributed by atoms with Crippen molar-refractivity contribution in [1.82, 2.24) is 15.3 Å². The van der Waals surface area contributed by atoms with E-state index in [0.717, 1.165) is 25.1 Å². The number of benzene rings is 1. The summed E-state index contributed by atoms with van der Waals surface area (Å²) in [6.07, 6.45) is 7.10. The third kappa shape index (κ3) is 3.71. The van der Waals surface area contributed by atoms with Gasteiger partial charge in [-0.3, -0.25) is 0 Å². The Morgan fingerprint density at radius 1 is 1.14 bits per heavy atom. The Labute approximate surface area is 129 Å². The highest BCUT2D eigenvalue weighted by atomic mass is 35.5. The Bertz CT molecular complexity index is 580. The smallest absolute Gasteiger partial charge is 0.160 e. The summed E-state index contributed by atoms with van der Waals surface area (Å²) in [5, 5.41) is 4.03. The van der Waals surface area contributed by atoms with Crippen LogP contribution in [0.3, 0.4) is 0 Å². The van der Waals surface area contributed by atoms with E-state index in [2.05, 4.69) is 15.3 Å². The minimum absolute atomic E-state index is 0.197. The predicted molar refractivity (Wildman–Crippen MR) is 83.6 cm³/mol. The summed E-state index contributed by atoms with van der Waals surface area (Å²) in [6, 6.07) is 7.56. The van der Waals surface area contributed by atoms with Crippen molar-refractivity contribution in [2.24, 2.45) is 0 Å². The van der Waals surface area contributed by atoms with Crippen LogP contribution in [0.5, 0.6) is 5.75 Å². The number of hydrogen-bond donors (Lipinski definition) is 1. The van der Waals surface area contributed by atoms with E-state index in [1.54, 1.807) is 12.4 Å². The number of halogens is 1. The summed E-state index contributed by atoms with van der Waals surface area (Å²) in [7, 11) is 0. The van der Waals surface area contributed by atoms with Gasteiger partial charge in [-0.05, 0) is 37.9 Å². The van der Waals surface area contributed by atoms with E-state index in [4.69, 9.17) is 16.3 Å². The first-order valence-electron chi connectivity index (χ1n) is 7.27. The van der Waals surface area contributed by atoms with Crippen LogP contribution in [-0.2, 0) is 0 Å². The van der Waals surface area contributed by atoms with Crippen LogP contribution in [0.25, 0.3) is 11.4 Å². The highest BCUT2D eigenvalue weighted by Crippen LogP contribution is 2.25. The van der Waals surface area contributed by atoms with Gasteiger partial charge in [0.05, 0.1) is 17.4 Å². The van der Waals surface area contributed by atoms with E-state index in [1.165, 1.54) is 12.8 Å². The second-order valence-electron chi connectivity index (χ2n) is 5.16. The summed E-state index contributed by atoms with van der Waals surface area (Å²) < 4.78 is 5.94. The molecule has 1 atom stereocenters. The van der Waals surface area contributed by atoms with E-state index >= 15 is 0 Å². The molecular formula is C16H18ClN3O. The van der Waals surface area contributed by atoms with Crippen LogP contribution >= 0.6 is 11.6 Å². The van der Waals surface area contributed by atoms with Gasteiger partial charge in [0, 0.05) is 12.1 Å². The van der Waals surface area contributed by atoms with Crippen molar-refractivity contribution in [2.75, 3.05) is 13.1 Å². The van der Waals surface area contributed by atoms with Crippen LogP contribution in [0.4, 0.5) is 0 Å². The molecular weight excluding hydrogens is 286 g/mol. The average molecular weight is 304 g/mol. The largest absolute Gasteiger partial charge is 0.486 e. The van der Waals surface area contributed by atoms with E-state index in [1.807, 2.05) is 24.3 Å². The van der Waals surface area contributed by atoms with E-state index in [-0.39, 0.29) is 6.10 Å². The van der Waals surface area contributed by atoms with Gasteiger partial charge in [-0.1, -0.05) is 23.7 Å². The van der Waals surface area contributed by atoms with Gasteiger partial charge >= 0.3 is 0 Å². The van der Waals surface area contributed by atoms with Crippen LogP contribution in [0.1, 0.15) is 19.3 Å². The molecule has 1 unspecified atom stereocenters. The number of nitrogens with one attached hydrogen (secondary N) is 1. The molecule has 5 heteroatoms. The van der Waals surface area contributed by atoms with Crippen LogP contribution in [-0.4, -0.2) is 29.2 Å². The fraction of sp³-hybridized carbons (Fsp3) is 0.375. The number of ether oxygens (including phenoxy) is 1. The van der Waals surface area contributed by atoms with E-state index < -0.39 is 0 Å². The summed E-state index contributed by atoms with van der Waals surface area (Å²) in [4.78, 5) is 8.72. The molecule has 1 saturated heterocycles. The van der Waals surface area contributed by atoms with Crippen molar-refractivity contribution >= 4 is 11.6 Å². The zero-order valence-corrected chi connectivity index (χ0v) is 12.5. The fourth-order valence-electron chi connectivity index (χ4n) is 2.44. The van der Waals surface area contributed by atoms with Gasteiger partial charge in [-0.15, -0.1) is 0 Å². The van der Waals surface area contributed by atoms with E-state index in [9.17, 15) is 0 Å². The molecule has 2 heterocycles. The average Bonchev–Trinajstić information content (AvgIpc) is 2.77. The van der Waals surface area contributed by atoms with E-state index in [0.29, 0.717) is 16.6 Å². The summed E-state index contributed by atoms with van der Waals surface area (Å²) in [5.74, 6) is 1.33. The molecule has 1 aliphatic heterocycles. The van der Waals surface area contributed by atoms with Crippen molar-refractivity contribution in [1.29, 1.82) is 0 Å². The molecule has 1 aromatic heterocycles. The van der Waals surface area contributed by atoms with Crippen molar-refractivity contribution < 1.29 is 4.74 Å². The second-order valence-corrected chi connectivity index (χ2v) is 5.57. The lowest BCUT2D eigenvalue weighted by Crippen LogP contribution is -2.29. The lowest BCUT2D eigenvalue weighted by atomic mass is 10.2. The van der Waals surface area contributed by atoms with Gasteiger partial charge in [0.1, 0.15) is 6.10 Å². The molecule has 1 N–H and O–H groups in total. The van der Waals surface area contributed by atoms with Crippen molar-refractivity contribution in [3.8, 4) is 17.1 Å². The minimum Gasteiger partial charge on any atom is -0.486 e. The Balaban J connectivity index is 1.70. The molecule has 21 heavy (non-hydrogen) atoms. The highest BCUT2D eigenvalue weighted by Gasteiger charge is 2.14. The number of aromatic nitrogens is 2. The normalized spacial score (nSPS) is 19.0. The zero-order valence-electron chi connectivity index (χ0n) is 11.8. The van der Waals surface area contributed by atoms with Gasteiger partial charge in [-0.2, -0.15) is 0 Å². The third-order valence-corrected chi connectivity index (χ3v) is 3.88. The molecule has 4 nitrogen and oxygen atoms in total. The molecule has 0 radical (unpaired) electrons. The second kappa shape index (κ2) is 6.87. The maximum atomic E-state index is 6.15. The summed E-state index contributed by atoms with van der Waals surface area (Å²) >= 11 is 6.15. The fourth-order valence-corrected chi connectivity index (χ4v) is 2.66. The first kappa shape index (κ1) is 14.3. The molecule has 1 aromatic carbocycles. The minimum atomic E-state index is 0.197. The van der Waals surface area contributed by atoms with Crippen LogP contribution in [0.2, 0.25) is 5.02 Å². The number of hydrogen-bond acceptors (Lipinski definition) is 4. The quantitative estimate of drug-likeness (QED) is 0.945. The molecule has 0 spiro atoms. The molecule has 110 valence electrons. The number of rotatable bonds is 3. The monoisotopic (exact) mass is 303 g/mol. The van der Waals surface area contributed by atoms with Crippen molar-refractivity contribution in [2.45, 2.75) is 25.4 Å². The molecule has 0 amide bonds. The Morgan fingerprint density at radius 2 is 1.95 bits per heavy atom. The van der Waals surface area contributed by atoms with Gasteiger partial charge in [-0.25, -0.2) is 9.97 Å². The van der Waals surface area contributed by atoms with Gasteiger partial charge in [0.25, 0.3) is 0 Å². The topological polar surface area (TPSA) is 47.0 Å². The summed E-state index contributed by atoms with van der Waals surface area (Å²) in [5.41, 5.74) is 0.835. The molecule has 1 aliphatic rings. The SMILES string of the molecule is Clc1ccccc1-c1ncc(OC2CCCCNC2)cn1. The Kier molecular flexibility index (Phi) is 4.68. The van der Waals surface area contributed by atoms with Crippen LogP contribution < -0.4 is 10.1 Å². The predicted octanol–water partition coefficient (Wildman–Crippen LogP) is 3.32. The molecule has 2 aromatic rings. The lowest BCUT2D eigenvalue weighted by molar-refractivity contribution is 0.193. The summed E-state index contributed by atoms with van der Waals surface area (Å²) in [6.45, 7) is 1.95. The highest BCUT2D eigenvalue weighted by molar-refractivity contribution is 6.33. The number of nitrogens with zero attached hydrogens (tertiary/aromatic N) is 2. The lowest BCUT2D eigenvalue weighted by Gasteiger charge is -2.16.